The molecule has 23 heavy (non-hydrogen) atoms. The van der Waals surface area contributed by atoms with Crippen LogP contribution in [0.15, 0.2) is 35.2 Å². The maximum Gasteiger partial charge on any atom is 0.251 e. The van der Waals surface area contributed by atoms with Gasteiger partial charge >= 0.3 is 0 Å². The van der Waals surface area contributed by atoms with Gasteiger partial charge in [0.2, 0.25) is 0 Å². The van der Waals surface area contributed by atoms with Crippen LogP contribution in [0, 0.1) is 0 Å². The van der Waals surface area contributed by atoms with E-state index in [1.54, 1.807) is 29.8 Å². The lowest BCUT2D eigenvalue weighted by Gasteiger charge is -2.32. The number of amides is 1. The first-order valence-electron chi connectivity index (χ1n) is 7.35. The van der Waals surface area contributed by atoms with Gasteiger partial charge in [0, 0.05) is 22.6 Å². The van der Waals surface area contributed by atoms with Gasteiger partial charge in [-0.3, -0.25) is 4.79 Å². The minimum absolute atomic E-state index is 0.0890. The summed E-state index contributed by atoms with van der Waals surface area (Å²) >= 11 is 7.47. The molecule has 0 saturated carbocycles. The van der Waals surface area contributed by atoms with E-state index in [-0.39, 0.29) is 18.1 Å². The van der Waals surface area contributed by atoms with Crippen LogP contribution in [0.3, 0.4) is 0 Å². The molecule has 1 amide bonds. The lowest BCUT2D eigenvalue weighted by atomic mass is 10.1. The first kappa shape index (κ1) is 16.4. The summed E-state index contributed by atoms with van der Waals surface area (Å²) in [5.41, 5.74) is 3.21. The van der Waals surface area contributed by atoms with Crippen LogP contribution in [0.1, 0.15) is 22.5 Å². The number of benzene rings is 1. The molecule has 0 spiro atoms. The number of ether oxygens (including phenoxy) is 2. The van der Waals surface area contributed by atoms with Gasteiger partial charge < -0.3 is 14.8 Å². The molecular weight excluding hydrogens is 336 g/mol. The topological polar surface area (TPSA) is 60.5 Å². The molecule has 3 rings (SSSR count). The zero-order valence-electron chi connectivity index (χ0n) is 12.4. The van der Waals surface area contributed by atoms with E-state index in [2.05, 4.69) is 10.3 Å². The van der Waals surface area contributed by atoms with Crippen LogP contribution in [-0.2, 0) is 16.1 Å². The van der Waals surface area contributed by atoms with Crippen LogP contribution in [0.25, 0.3) is 0 Å². The average Bonchev–Trinajstić information content (AvgIpc) is 3.07. The lowest BCUT2D eigenvalue weighted by molar-refractivity contribution is -0.0742. The SMILES string of the molecule is O=C(N[C@@H]1CCOC[C@H]1OCc1cscn1)c1cccc(Cl)c1. The van der Waals surface area contributed by atoms with Gasteiger partial charge in [-0.1, -0.05) is 17.7 Å². The van der Waals surface area contributed by atoms with Gasteiger partial charge in [-0.05, 0) is 24.6 Å². The first-order valence-corrected chi connectivity index (χ1v) is 8.67. The predicted octanol–water partition coefficient (Wildman–Crippen LogP) is 2.90. The van der Waals surface area contributed by atoms with Crippen molar-refractivity contribution in [3.05, 3.63) is 51.4 Å². The summed E-state index contributed by atoms with van der Waals surface area (Å²) in [5, 5.41) is 5.51. The third-order valence-electron chi connectivity index (χ3n) is 3.64. The predicted molar refractivity (Wildman–Crippen MR) is 88.8 cm³/mol. The lowest BCUT2D eigenvalue weighted by Crippen LogP contribution is -2.49. The fourth-order valence-corrected chi connectivity index (χ4v) is 3.16. The van der Waals surface area contributed by atoms with E-state index in [0.717, 1.165) is 5.69 Å². The van der Waals surface area contributed by atoms with Crippen LogP contribution in [0.2, 0.25) is 5.02 Å². The van der Waals surface area contributed by atoms with Crippen LogP contribution < -0.4 is 5.32 Å². The molecule has 1 N–H and O–H groups in total. The highest BCUT2D eigenvalue weighted by Gasteiger charge is 2.28. The number of aromatic nitrogens is 1. The Morgan fingerprint density at radius 3 is 3.22 bits per heavy atom. The Bertz CT molecular complexity index is 651. The summed E-state index contributed by atoms with van der Waals surface area (Å²) in [6.45, 7) is 1.49. The average molecular weight is 353 g/mol. The molecule has 7 heteroatoms. The molecule has 5 nitrogen and oxygen atoms in total. The molecule has 0 radical (unpaired) electrons. The molecular formula is C16H17ClN2O3S. The van der Waals surface area contributed by atoms with Crippen molar-refractivity contribution in [3.63, 3.8) is 0 Å². The van der Waals surface area contributed by atoms with E-state index < -0.39 is 0 Å². The van der Waals surface area contributed by atoms with Crippen LogP contribution in [0.5, 0.6) is 0 Å². The van der Waals surface area contributed by atoms with Crippen molar-refractivity contribution in [2.24, 2.45) is 0 Å². The monoisotopic (exact) mass is 352 g/mol. The van der Waals surface area contributed by atoms with Gasteiger partial charge in [-0.2, -0.15) is 0 Å². The van der Waals surface area contributed by atoms with Gasteiger partial charge in [0.1, 0.15) is 6.10 Å². The van der Waals surface area contributed by atoms with E-state index in [4.69, 9.17) is 21.1 Å². The second kappa shape index (κ2) is 7.88. The highest BCUT2D eigenvalue weighted by Crippen LogP contribution is 2.16. The highest BCUT2D eigenvalue weighted by atomic mass is 35.5. The Kier molecular flexibility index (Phi) is 5.61. The fourth-order valence-electron chi connectivity index (χ4n) is 2.42. The van der Waals surface area contributed by atoms with E-state index in [0.29, 0.717) is 36.8 Å². The molecule has 1 aromatic heterocycles. The minimum Gasteiger partial charge on any atom is -0.379 e. The van der Waals surface area contributed by atoms with Crippen LogP contribution in [-0.4, -0.2) is 36.3 Å². The summed E-state index contributed by atoms with van der Waals surface area (Å²) in [7, 11) is 0. The second-order valence-corrected chi connectivity index (χ2v) is 6.44. The first-order chi connectivity index (χ1) is 11.2. The molecule has 1 aromatic carbocycles. The van der Waals surface area contributed by atoms with E-state index >= 15 is 0 Å². The number of carbonyl (C=O) groups excluding carboxylic acids is 1. The van der Waals surface area contributed by atoms with Crippen LogP contribution >= 0.6 is 22.9 Å². The van der Waals surface area contributed by atoms with Crippen molar-refractivity contribution in [1.29, 1.82) is 0 Å². The number of hydrogen-bond donors (Lipinski definition) is 1. The van der Waals surface area contributed by atoms with Crippen LogP contribution in [0.4, 0.5) is 0 Å². The van der Waals surface area contributed by atoms with Crippen molar-refractivity contribution < 1.29 is 14.3 Å². The minimum atomic E-state index is -0.186. The Morgan fingerprint density at radius 2 is 2.43 bits per heavy atom. The molecule has 1 fully saturated rings. The van der Waals surface area contributed by atoms with E-state index in [1.165, 1.54) is 11.3 Å². The Labute approximate surface area is 143 Å². The van der Waals surface area contributed by atoms with Crippen molar-refractivity contribution in [2.75, 3.05) is 13.2 Å². The smallest absolute Gasteiger partial charge is 0.251 e. The number of nitrogens with one attached hydrogen (secondary N) is 1. The van der Waals surface area contributed by atoms with Gasteiger partial charge in [0.15, 0.2) is 0 Å². The Hall–Kier alpha value is -1.47. The van der Waals surface area contributed by atoms with Crippen molar-refractivity contribution in [1.82, 2.24) is 10.3 Å². The second-order valence-electron chi connectivity index (χ2n) is 5.28. The summed E-state index contributed by atoms with van der Waals surface area (Å²) < 4.78 is 11.4. The molecule has 0 aliphatic carbocycles. The van der Waals surface area contributed by atoms with E-state index in [1.807, 2.05) is 5.38 Å². The summed E-state index contributed by atoms with van der Waals surface area (Å²) in [6.07, 6.45) is 0.530. The quantitative estimate of drug-likeness (QED) is 0.898. The number of carbonyl (C=O) groups is 1. The van der Waals surface area contributed by atoms with Crippen molar-refractivity contribution in [2.45, 2.75) is 25.2 Å². The zero-order valence-corrected chi connectivity index (χ0v) is 14.0. The highest BCUT2D eigenvalue weighted by molar-refractivity contribution is 7.07. The van der Waals surface area contributed by atoms with Crippen molar-refractivity contribution >= 4 is 28.8 Å². The number of nitrogens with zero attached hydrogens (tertiary/aromatic N) is 1. The maximum atomic E-state index is 12.4. The summed E-state index contributed by atoms with van der Waals surface area (Å²) in [4.78, 5) is 16.6. The van der Waals surface area contributed by atoms with Gasteiger partial charge in [-0.25, -0.2) is 4.98 Å². The largest absolute Gasteiger partial charge is 0.379 e. The molecule has 2 aromatic rings. The molecule has 1 aliphatic heterocycles. The number of thiazole rings is 1. The van der Waals surface area contributed by atoms with Gasteiger partial charge in [-0.15, -0.1) is 11.3 Å². The Morgan fingerprint density at radius 1 is 1.52 bits per heavy atom. The molecule has 2 atom stereocenters. The molecule has 1 aliphatic rings. The fraction of sp³-hybridized carbons (Fsp3) is 0.375. The third-order valence-corrected chi connectivity index (χ3v) is 4.51. The molecule has 0 unspecified atom stereocenters. The van der Waals surface area contributed by atoms with Crippen molar-refractivity contribution in [3.8, 4) is 0 Å². The third kappa shape index (κ3) is 4.51. The van der Waals surface area contributed by atoms with Gasteiger partial charge in [0.05, 0.1) is 30.5 Å². The molecule has 2 heterocycles. The summed E-state index contributed by atoms with van der Waals surface area (Å²) in [5.74, 6) is -0.151. The Balaban J connectivity index is 1.60. The molecule has 122 valence electrons. The van der Waals surface area contributed by atoms with E-state index in [9.17, 15) is 4.79 Å². The standard InChI is InChI=1S/C16H17ClN2O3S/c17-12-3-1-2-11(6-12)16(20)19-14-4-5-21-8-15(14)22-7-13-9-23-10-18-13/h1-3,6,9-10,14-15H,4-5,7-8H2,(H,19,20)/t14-,15-/m1/s1. The zero-order chi connectivity index (χ0) is 16.1. The number of rotatable bonds is 5. The summed E-state index contributed by atoms with van der Waals surface area (Å²) in [6, 6.07) is 6.81. The number of hydrogen-bond acceptors (Lipinski definition) is 5. The maximum absolute atomic E-state index is 12.4. The van der Waals surface area contributed by atoms with Gasteiger partial charge in [0.25, 0.3) is 5.91 Å². The molecule has 0 bridgehead atoms. The normalized spacial score (nSPS) is 21.1. The number of halogens is 1. The molecule has 1 saturated heterocycles.